The Bertz CT molecular complexity index is 1470. The van der Waals surface area contributed by atoms with E-state index < -0.39 is 15.9 Å². The lowest BCUT2D eigenvalue weighted by Crippen LogP contribution is -2.30. The van der Waals surface area contributed by atoms with Crippen molar-refractivity contribution in [2.75, 3.05) is 6.54 Å². The minimum absolute atomic E-state index is 0.108. The number of benzene rings is 4. The lowest BCUT2D eigenvalue weighted by Gasteiger charge is -2.19. The van der Waals surface area contributed by atoms with Gasteiger partial charge in [-0.3, -0.25) is 4.79 Å². The Morgan fingerprint density at radius 1 is 0.784 bits per heavy atom. The van der Waals surface area contributed by atoms with Crippen molar-refractivity contribution in [3.05, 3.63) is 120 Å². The van der Waals surface area contributed by atoms with Crippen LogP contribution in [0, 0.1) is 0 Å². The summed E-state index contributed by atoms with van der Waals surface area (Å²) in [6, 6.07) is 28.5. The van der Waals surface area contributed by atoms with Crippen molar-refractivity contribution in [3.8, 4) is 11.5 Å². The summed E-state index contributed by atoms with van der Waals surface area (Å²) in [5.74, 6) is 0.788. The normalized spacial score (nSPS) is 11.0. The number of nitrogens with zero attached hydrogens (tertiary/aromatic N) is 1. The van der Waals surface area contributed by atoms with Crippen LogP contribution in [0.25, 0.3) is 0 Å². The summed E-state index contributed by atoms with van der Waals surface area (Å²) in [6.45, 7) is 0.564. The molecule has 0 saturated heterocycles. The van der Waals surface area contributed by atoms with Crippen LogP contribution in [0.5, 0.6) is 11.5 Å². The first-order chi connectivity index (χ1) is 17.9. The van der Waals surface area contributed by atoms with Gasteiger partial charge in [0.2, 0.25) is 9.84 Å². The molecule has 0 spiro atoms. The van der Waals surface area contributed by atoms with E-state index in [1.165, 1.54) is 41.3 Å². The second kappa shape index (κ2) is 11.5. The lowest BCUT2D eigenvalue weighted by molar-refractivity contribution is 0.112. The first-order valence-corrected chi connectivity index (χ1v) is 13.0. The first-order valence-electron chi connectivity index (χ1n) is 11.5. The van der Waals surface area contributed by atoms with Crippen molar-refractivity contribution in [2.24, 2.45) is 0 Å². The van der Waals surface area contributed by atoms with Crippen LogP contribution in [-0.2, 0) is 22.8 Å². The number of hydrogen-bond acceptors (Lipinski definition) is 5. The fourth-order valence-corrected chi connectivity index (χ4v) is 5.03. The fourth-order valence-electron chi connectivity index (χ4n) is 3.77. The highest BCUT2D eigenvalue weighted by molar-refractivity contribution is 7.91. The van der Waals surface area contributed by atoms with Crippen molar-refractivity contribution in [2.45, 2.75) is 22.8 Å². The minimum atomic E-state index is -3.76. The molecular weight excluding hydrogens is 490 g/mol. The number of ether oxygens (including phenoxy) is 1. The van der Waals surface area contributed by atoms with Crippen molar-refractivity contribution in [3.63, 3.8) is 0 Å². The maximum atomic E-state index is 13.1. The van der Waals surface area contributed by atoms with E-state index in [1.807, 2.05) is 30.3 Å². The Hall–Kier alpha value is -4.43. The smallest absolute Gasteiger partial charge is 0.407 e. The summed E-state index contributed by atoms with van der Waals surface area (Å²) in [6.07, 6.45) is 0.138. The molecule has 188 valence electrons. The molecule has 0 aliphatic carbocycles. The molecule has 4 rings (SSSR count). The Kier molecular flexibility index (Phi) is 8.00. The molecule has 4 aromatic rings. The molecule has 0 aliphatic rings. The zero-order valence-corrected chi connectivity index (χ0v) is 20.7. The first kappa shape index (κ1) is 25.7. The number of aldehydes is 1. The van der Waals surface area contributed by atoms with Gasteiger partial charge in [-0.25, -0.2) is 13.2 Å². The van der Waals surface area contributed by atoms with E-state index in [4.69, 9.17) is 4.74 Å². The van der Waals surface area contributed by atoms with Gasteiger partial charge in [0.25, 0.3) is 0 Å². The Balaban J connectivity index is 1.41. The average molecular weight is 516 g/mol. The third-order valence-electron chi connectivity index (χ3n) is 5.80. The van der Waals surface area contributed by atoms with Crippen LogP contribution in [-0.4, -0.2) is 37.3 Å². The van der Waals surface area contributed by atoms with Crippen LogP contribution in [0.2, 0.25) is 0 Å². The molecule has 8 heteroatoms. The molecule has 1 N–H and O–H groups in total. The molecule has 0 saturated carbocycles. The molecule has 0 bridgehead atoms. The van der Waals surface area contributed by atoms with E-state index in [0.29, 0.717) is 29.8 Å². The lowest BCUT2D eigenvalue weighted by atomic mass is 10.1. The van der Waals surface area contributed by atoms with Gasteiger partial charge < -0.3 is 14.7 Å². The van der Waals surface area contributed by atoms with E-state index in [9.17, 15) is 23.1 Å². The van der Waals surface area contributed by atoms with Crippen LogP contribution >= 0.6 is 0 Å². The van der Waals surface area contributed by atoms with Crippen LogP contribution in [0.15, 0.2) is 113 Å². The van der Waals surface area contributed by atoms with Crippen LogP contribution in [0.1, 0.15) is 21.5 Å². The molecule has 0 aromatic heterocycles. The minimum Gasteiger partial charge on any atom is -0.465 e. The summed E-state index contributed by atoms with van der Waals surface area (Å²) in [4.78, 5) is 24.4. The maximum Gasteiger partial charge on any atom is 0.407 e. The topological polar surface area (TPSA) is 101 Å². The van der Waals surface area contributed by atoms with E-state index in [-0.39, 0.29) is 22.9 Å². The number of para-hydroxylation sites is 1. The molecule has 0 aliphatic heterocycles. The number of carbonyl (C=O) groups excluding carboxylic acids is 1. The summed E-state index contributed by atoms with van der Waals surface area (Å²) in [5, 5.41) is 9.54. The highest BCUT2D eigenvalue weighted by Crippen LogP contribution is 2.27. The fraction of sp³-hybridized carbons (Fsp3) is 0.103. The number of hydrogen-bond donors (Lipinski definition) is 1. The van der Waals surface area contributed by atoms with Crippen LogP contribution in [0.3, 0.4) is 0 Å². The molecule has 1 amide bonds. The Morgan fingerprint density at radius 3 is 2.00 bits per heavy atom. The highest BCUT2D eigenvalue weighted by atomic mass is 32.2. The maximum absolute atomic E-state index is 13.1. The van der Waals surface area contributed by atoms with E-state index in [0.717, 1.165) is 11.1 Å². The van der Waals surface area contributed by atoms with Gasteiger partial charge in [0.15, 0.2) is 6.29 Å². The largest absolute Gasteiger partial charge is 0.465 e. The number of amides is 1. The standard InChI is InChI=1S/C29H25NO6S/c31-21-24-8-4-5-9-28(24)36-25-12-16-27(17-13-25)37(34,35)26-14-10-22(11-15-26)18-19-30(29(32)33)20-23-6-2-1-3-7-23/h1-17,21H,18-20H2,(H,32,33). The third kappa shape index (κ3) is 6.42. The summed E-state index contributed by atoms with van der Waals surface area (Å²) >= 11 is 0. The van der Waals surface area contributed by atoms with E-state index in [1.54, 1.807) is 36.4 Å². The molecular formula is C29H25NO6S. The molecule has 37 heavy (non-hydrogen) atoms. The van der Waals surface area contributed by atoms with Crippen LogP contribution in [0.4, 0.5) is 4.79 Å². The van der Waals surface area contributed by atoms with Gasteiger partial charge in [0.05, 0.1) is 15.4 Å². The van der Waals surface area contributed by atoms with E-state index >= 15 is 0 Å². The quantitative estimate of drug-likeness (QED) is 0.266. The second-order valence-electron chi connectivity index (χ2n) is 8.32. The summed E-state index contributed by atoms with van der Waals surface area (Å²) in [5.41, 5.74) is 2.12. The zero-order chi connectivity index (χ0) is 26.3. The molecule has 4 aromatic carbocycles. The molecule has 0 fully saturated rings. The predicted octanol–water partition coefficient (Wildman–Crippen LogP) is 5.85. The number of carboxylic acid groups (broad SMARTS) is 1. The molecule has 0 radical (unpaired) electrons. The van der Waals surface area contributed by atoms with Crippen molar-refractivity contribution < 1.29 is 27.9 Å². The molecule has 7 nitrogen and oxygen atoms in total. The number of carbonyl (C=O) groups is 2. The Labute approximate surface area is 215 Å². The Morgan fingerprint density at radius 2 is 1.38 bits per heavy atom. The molecule has 0 atom stereocenters. The predicted molar refractivity (Wildman–Crippen MR) is 139 cm³/mol. The van der Waals surface area contributed by atoms with Gasteiger partial charge in [0.1, 0.15) is 11.5 Å². The molecule has 0 unspecified atom stereocenters. The van der Waals surface area contributed by atoms with Gasteiger partial charge in [-0.15, -0.1) is 0 Å². The van der Waals surface area contributed by atoms with Gasteiger partial charge in [-0.05, 0) is 66.1 Å². The SMILES string of the molecule is O=Cc1ccccc1Oc1ccc(S(=O)(=O)c2ccc(CCN(Cc3ccccc3)C(=O)O)cc2)cc1. The third-order valence-corrected chi connectivity index (χ3v) is 7.58. The second-order valence-corrected chi connectivity index (χ2v) is 10.3. The average Bonchev–Trinajstić information content (AvgIpc) is 2.92. The van der Waals surface area contributed by atoms with Gasteiger partial charge in [-0.1, -0.05) is 54.6 Å². The monoisotopic (exact) mass is 515 g/mol. The number of sulfone groups is 1. The van der Waals surface area contributed by atoms with Gasteiger partial charge in [-0.2, -0.15) is 0 Å². The number of rotatable bonds is 10. The molecule has 0 heterocycles. The zero-order valence-electron chi connectivity index (χ0n) is 19.9. The van der Waals surface area contributed by atoms with Crippen molar-refractivity contribution in [1.29, 1.82) is 0 Å². The summed E-state index contributed by atoms with van der Waals surface area (Å²) in [7, 11) is -3.76. The van der Waals surface area contributed by atoms with Crippen molar-refractivity contribution >= 4 is 22.2 Å². The van der Waals surface area contributed by atoms with Crippen LogP contribution < -0.4 is 4.74 Å². The van der Waals surface area contributed by atoms with E-state index in [2.05, 4.69) is 0 Å². The van der Waals surface area contributed by atoms with Gasteiger partial charge in [0, 0.05) is 13.1 Å². The highest BCUT2D eigenvalue weighted by Gasteiger charge is 2.18. The van der Waals surface area contributed by atoms with Gasteiger partial charge >= 0.3 is 6.09 Å². The van der Waals surface area contributed by atoms with Crippen molar-refractivity contribution in [1.82, 2.24) is 4.90 Å². The summed E-state index contributed by atoms with van der Waals surface area (Å²) < 4.78 is 31.9.